The first kappa shape index (κ1) is 21.4. The van der Waals surface area contributed by atoms with E-state index in [-0.39, 0.29) is 17.2 Å². The number of nitrogens with one attached hydrogen (secondary N) is 1. The number of hydrogen-bond donors (Lipinski definition) is 1. The predicted molar refractivity (Wildman–Crippen MR) is 106 cm³/mol. The molecule has 0 unspecified atom stereocenters. The zero-order valence-electron chi connectivity index (χ0n) is 16.2. The molecular weight excluding hydrogens is 382 g/mol. The summed E-state index contributed by atoms with van der Waals surface area (Å²) in [5, 5.41) is 3.85. The van der Waals surface area contributed by atoms with Gasteiger partial charge in [-0.3, -0.25) is 4.79 Å². The van der Waals surface area contributed by atoms with E-state index in [9.17, 15) is 13.2 Å². The molecule has 0 aromatic heterocycles. The summed E-state index contributed by atoms with van der Waals surface area (Å²) in [5.74, 6) is 0.131. The third-order valence-corrected chi connectivity index (χ3v) is 5.71. The number of hydrazone groups is 1. The van der Waals surface area contributed by atoms with Crippen molar-refractivity contribution in [1.82, 2.24) is 9.73 Å². The zero-order chi connectivity index (χ0) is 20.7. The highest BCUT2D eigenvalue weighted by atomic mass is 32.2. The Labute approximate surface area is 164 Å². The molecule has 0 heterocycles. The molecule has 1 amide bonds. The van der Waals surface area contributed by atoms with Crippen LogP contribution in [0.15, 0.2) is 52.5 Å². The number of nitrogens with zero attached hydrogens (tertiary/aromatic N) is 2. The second-order valence-electron chi connectivity index (χ2n) is 5.98. The van der Waals surface area contributed by atoms with Crippen LogP contribution in [-0.4, -0.2) is 52.7 Å². The van der Waals surface area contributed by atoms with Crippen molar-refractivity contribution in [3.8, 4) is 11.5 Å². The maximum absolute atomic E-state index is 12.7. The van der Waals surface area contributed by atoms with Crippen molar-refractivity contribution in [1.29, 1.82) is 0 Å². The molecule has 2 rings (SSSR count). The summed E-state index contributed by atoms with van der Waals surface area (Å²) >= 11 is 0. The minimum Gasteiger partial charge on any atom is -0.493 e. The zero-order valence-corrected chi connectivity index (χ0v) is 17.0. The number of benzene rings is 2. The minimum absolute atomic E-state index is 0.0105. The fourth-order valence-electron chi connectivity index (χ4n) is 2.31. The largest absolute Gasteiger partial charge is 0.493 e. The number of aryl methyl sites for hydroxylation is 1. The molecule has 0 bridgehead atoms. The number of sulfonamides is 1. The Kier molecular flexibility index (Phi) is 7.13. The minimum atomic E-state index is -3.89. The normalized spacial score (nSPS) is 11.6. The van der Waals surface area contributed by atoms with Crippen LogP contribution in [0.2, 0.25) is 0 Å². The first-order valence-corrected chi connectivity index (χ1v) is 9.79. The summed E-state index contributed by atoms with van der Waals surface area (Å²) in [4.78, 5) is 12.0. The molecule has 28 heavy (non-hydrogen) atoms. The number of ether oxygens (including phenoxy) is 2. The number of rotatable bonds is 8. The van der Waals surface area contributed by atoms with Gasteiger partial charge < -0.3 is 9.47 Å². The van der Waals surface area contributed by atoms with Gasteiger partial charge in [0.25, 0.3) is 5.91 Å². The molecule has 0 fully saturated rings. The topological polar surface area (TPSA) is 97.3 Å². The summed E-state index contributed by atoms with van der Waals surface area (Å²) in [6.45, 7) is 1.58. The van der Waals surface area contributed by atoms with Crippen molar-refractivity contribution in [2.45, 2.75) is 11.8 Å². The first-order valence-electron chi connectivity index (χ1n) is 8.35. The lowest BCUT2D eigenvalue weighted by Gasteiger charge is -2.17. The Bertz CT molecular complexity index is 956. The molecule has 0 aliphatic heterocycles. The highest BCUT2D eigenvalue weighted by Crippen LogP contribution is 2.30. The molecule has 0 aliphatic carbocycles. The highest BCUT2D eigenvalue weighted by molar-refractivity contribution is 7.89. The van der Waals surface area contributed by atoms with E-state index in [1.54, 1.807) is 0 Å². The van der Waals surface area contributed by atoms with Gasteiger partial charge in [-0.1, -0.05) is 29.8 Å². The van der Waals surface area contributed by atoms with Crippen LogP contribution in [0.5, 0.6) is 11.5 Å². The van der Waals surface area contributed by atoms with E-state index >= 15 is 0 Å². The van der Waals surface area contributed by atoms with Gasteiger partial charge in [-0.2, -0.15) is 9.41 Å². The van der Waals surface area contributed by atoms with Crippen LogP contribution in [0.4, 0.5) is 0 Å². The Morgan fingerprint density at radius 3 is 2.36 bits per heavy atom. The number of amides is 1. The van der Waals surface area contributed by atoms with Crippen molar-refractivity contribution in [3.05, 3.63) is 53.6 Å². The Hall–Kier alpha value is -2.91. The van der Waals surface area contributed by atoms with Crippen LogP contribution < -0.4 is 14.9 Å². The Balaban J connectivity index is 2.03. The van der Waals surface area contributed by atoms with Gasteiger partial charge in [-0.25, -0.2) is 13.8 Å². The summed E-state index contributed by atoms with van der Waals surface area (Å²) in [5.41, 5.74) is 4.25. The average molecular weight is 405 g/mol. The van der Waals surface area contributed by atoms with Crippen LogP contribution >= 0.6 is 0 Å². The number of methoxy groups -OCH3 is 2. The standard InChI is InChI=1S/C19H23N3O5S/c1-14-5-7-15(8-6-14)12-20-21-19(23)13-22(2)28(24,25)16-9-10-17(26-3)18(11-16)27-4/h5-12H,13H2,1-4H3,(H,21,23)/b20-12-. The van der Waals surface area contributed by atoms with Crippen molar-refractivity contribution in [2.24, 2.45) is 5.10 Å². The van der Waals surface area contributed by atoms with E-state index in [1.807, 2.05) is 31.2 Å². The predicted octanol–water partition coefficient (Wildman–Crippen LogP) is 1.78. The van der Waals surface area contributed by atoms with E-state index in [0.29, 0.717) is 5.75 Å². The molecule has 0 saturated heterocycles. The molecule has 0 saturated carbocycles. The third kappa shape index (κ3) is 5.30. The summed E-state index contributed by atoms with van der Waals surface area (Å²) in [6.07, 6.45) is 1.49. The number of carbonyl (C=O) groups is 1. The molecule has 0 aliphatic rings. The smallest absolute Gasteiger partial charge is 0.255 e. The maximum Gasteiger partial charge on any atom is 0.255 e. The van der Waals surface area contributed by atoms with Crippen LogP contribution in [-0.2, 0) is 14.8 Å². The molecule has 0 spiro atoms. The van der Waals surface area contributed by atoms with E-state index in [4.69, 9.17) is 9.47 Å². The van der Waals surface area contributed by atoms with Gasteiger partial charge in [-0.05, 0) is 24.6 Å². The monoisotopic (exact) mass is 405 g/mol. The van der Waals surface area contributed by atoms with Crippen molar-refractivity contribution < 1.29 is 22.7 Å². The third-order valence-electron chi connectivity index (χ3n) is 3.91. The van der Waals surface area contributed by atoms with Crippen LogP contribution in [0.25, 0.3) is 0 Å². The number of carbonyl (C=O) groups excluding carboxylic acids is 1. The summed E-state index contributed by atoms with van der Waals surface area (Å²) < 4.78 is 36.5. The van der Waals surface area contributed by atoms with Crippen molar-refractivity contribution in [3.63, 3.8) is 0 Å². The van der Waals surface area contributed by atoms with Crippen LogP contribution in [0.3, 0.4) is 0 Å². The van der Waals surface area contributed by atoms with Gasteiger partial charge in [0.05, 0.1) is 31.9 Å². The van der Waals surface area contributed by atoms with Crippen molar-refractivity contribution in [2.75, 3.05) is 27.8 Å². The maximum atomic E-state index is 12.7. The van der Waals surface area contributed by atoms with Gasteiger partial charge in [0.2, 0.25) is 10.0 Å². The highest BCUT2D eigenvalue weighted by Gasteiger charge is 2.24. The lowest BCUT2D eigenvalue weighted by Crippen LogP contribution is -2.36. The second kappa shape index (κ2) is 9.34. The summed E-state index contributed by atoms with van der Waals surface area (Å²) in [6, 6.07) is 11.8. The van der Waals surface area contributed by atoms with Crippen molar-refractivity contribution >= 4 is 22.1 Å². The SMILES string of the molecule is COc1ccc(S(=O)(=O)N(C)CC(=O)N/N=C\c2ccc(C)cc2)cc1OC. The molecule has 0 atom stereocenters. The van der Waals surface area contributed by atoms with Gasteiger partial charge in [0.1, 0.15) is 0 Å². The molecule has 0 radical (unpaired) electrons. The lowest BCUT2D eigenvalue weighted by molar-refractivity contribution is -0.121. The fraction of sp³-hybridized carbons (Fsp3) is 0.263. The van der Waals surface area contributed by atoms with Gasteiger partial charge >= 0.3 is 0 Å². The van der Waals surface area contributed by atoms with E-state index in [1.165, 1.54) is 45.7 Å². The molecule has 2 aromatic carbocycles. The second-order valence-corrected chi connectivity index (χ2v) is 8.03. The quantitative estimate of drug-likeness (QED) is 0.533. The van der Waals surface area contributed by atoms with Gasteiger partial charge in [0, 0.05) is 13.1 Å². The Morgan fingerprint density at radius 1 is 1.11 bits per heavy atom. The van der Waals surface area contributed by atoms with E-state index in [2.05, 4.69) is 10.5 Å². The average Bonchev–Trinajstić information content (AvgIpc) is 2.68. The van der Waals surface area contributed by atoms with E-state index < -0.39 is 15.9 Å². The number of hydrogen-bond acceptors (Lipinski definition) is 6. The molecule has 1 N–H and O–H groups in total. The van der Waals surface area contributed by atoms with Gasteiger partial charge in [-0.15, -0.1) is 0 Å². The number of likely N-dealkylation sites (N-methyl/N-ethyl adjacent to an activating group) is 1. The first-order chi connectivity index (χ1) is 13.3. The molecular formula is C19H23N3O5S. The molecule has 9 heteroatoms. The summed E-state index contributed by atoms with van der Waals surface area (Å²) in [7, 11) is 0.298. The fourth-order valence-corrected chi connectivity index (χ4v) is 3.45. The van der Waals surface area contributed by atoms with E-state index in [0.717, 1.165) is 15.4 Å². The Morgan fingerprint density at radius 2 is 1.75 bits per heavy atom. The van der Waals surface area contributed by atoms with Crippen LogP contribution in [0, 0.1) is 6.92 Å². The molecule has 8 nitrogen and oxygen atoms in total. The van der Waals surface area contributed by atoms with Crippen LogP contribution in [0.1, 0.15) is 11.1 Å². The lowest BCUT2D eigenvalue weighted by atomic mass is 10.2. The van der Waals surface area contributed by atoms with Gasteiger partial charge in [0.15, 0.2) is 11.5 Å². The molecule has 2 aromatic rings. The molecule has 150 valence electrons.